The van der Waals surface area contributed by atoms with Gasteiger partial charge < -0.3 is 5.32 Å². The van der Waals surface area contributed by atoms with Crippen molar-refractivity contribution in [3.8, 4) is 11.4 Å². The lowest BCUT2D eigenvalue weighted by Gasteiger charge is -2.11. The Hall–Kier alpha value is -3.46. The lowest BCUT2D eigenvalue weighted by molar-refractivity contribution is 0.102. The average Bonchev–Trinajstić information content (AvgIpc) is 3.38. The van der Waals surface area contributed by atoms with E-state index in [1.807, 2.05) is 59.4 Å². The Bertz CT molecular complexity index is 1060. The Balaban J connectivity index is 1.65. The lowest BCUT2D eigenvalue weighted by atomic mass is 10.2. The van der Waals surface area contributed by atoms with Gasteiger partial charge >= 0.3 is 0 Å². The minimum atomic E-state index is -0.250. The molecule has 0 aliphatic carbocycles. The summed E-state index contributed by atoms with van der Waals surface area (Å²) in [6.45, 7) is 0. The minimum absolute atomic E-state index is 0.250. The summed E-state index contributed by atoms with van der Waals surface area (Å²) < 4.78 is 3.36. The van der Waals surface area contributed by atoms with Crippen LogP contribution in [0.3, 0.4) is 0 Å². The first-order valence-electron chi connectivity index (χ1n) is 8.08. The van der Waals surface area contributed by atoms with E-state index in [0.717, 1.165) is 16.5 Å². The number of aromatic nitrogens is 6. The predicted molar refractivity (Wildman–Crippen MR) is 102 cm³/mol. The number of rotatable bonds is 5. The van der Waals surface area contributed by atoms with E-state index in [4.69, 9.17) is 0 Å². The molecule has 8 nitrogen and oxygen atoms in total. The molecule has 0 radical (unpaired) electrons. The van der Waals surface area contributed by atoms with Gasteiger partial charge in [0.25, 0.3) is 5.91 Å². The van der Waals surface area contributed by atoms with Gasteiger partial charge in [-0.15, -0.1) is 5.10 Å². The van der Waals surface area contributed by atoms with Crippen molar-refractivity contribution in [2.24, 2.45) is 0 Å². The topological polar surface area (TPSA) is 90.5 Å². The van der Waals surface area contributed by atoms with Gasteiger partial charge in [-0.2, -0.15) is 0 Å². The van der Waals surface area contributed by atoms with Crippen molar-refractivity contribution in [3.63, 3.8) is 0 Å². The predicted octanol–water partition coefficient (Wildman–Crippen LogP) is 2.82. The zero-order valence-electron chi connectivity index (χ0n) is 14.4. The molecular weight excluding hydrogens is 362 g/mol. The van der Waals surface area contributed by atoms with E-state index >= 15 is 0 Å². The van der Waals surface area contributed by atoms with Crippen LogP contribution < -0.4 is 5.32 Å². The molecule has 1 N–H and O–H groups in total. The molecule has 4 rings (SSSR count). The second kappa shape index (κ2) is 7.42. The molecule has 0 fully saturated rings. The Kier molecular flexibility index (Phi) is 4.67. The van der Waals surface area contributed by atoms with Crippen LogP contribution in [0.2, 0.25) is 0 Å². The molecule has 134 valence electrons. The number of amides is 1. The summed E-state index contributed by atoms with van der Waals surface area (Å²) in [6, 6.07) is 17.0. The molecule has 27 heavy (non-hydrogen) atoms. The Morgan fingerprint density at radius 2 is 1.89 bits per heavy atom. The van der Waals surface area contributed by atoms with Crippen molar-refractivity contribution < 1.29 is 4.79 Å². The number of thioether (sulfide) groups is 1. The third-order valence-corrected chi connectivity index (χ3v) is 4.53. The summed E-state index contributed by atoms with van der Waals surface area (Å²) in [5.74, 6) is -0.250. The monoisotopic (exact) mass is 377 g/mol. The molecule has 0 unspecified atom stereocenters. The molecule has 2 aromatic carbocycles. The van der Waals surface area contributed by atoms with Crippen LogP contribution in [0, 0.1) is 0 Å². The molecule has 2 aromatic heterocycles. The summed E-state index contributed by atoms with van der Waals surface area (Å²) >= 11 is 1.48. The molecule has 0 atom stereocenters. The summed E-state index contributed by atoms with van der Waals surface area (Å²) in [5.41, 5.74) is 2.73. The molecule has 0 saturated carbocycles. The fourth-order valence-electron chi connectivity index (χ4n) is 2.67. The van der Waals surface area contributed by atoms with E-state index in [1.54, 1.807) is 12.3 Å². The van der Waals surface area contributed by atoms with Crippen LogP contribution in [0.1, 0.15) is 10.5 Å². The van der Waals surface area contributed by atoms with Crippen molar-refractivity contribution in [2.45, 2.75) is 5.16 Å². The van der Waals surface area contributed by atoms with Crippen molar-refractivity contribution in [1.29, 1.82) is 0 Å². The van der Waals surface area contributed by atoms with Gasteiger partial charge in [-0.25, -0.2) is 9.67 Å². The van der Waals surface area contributed by atoms with Gasteiger partial charge in [-0.3, -0.25) is 9.36 Å². The molecule has 0 spiro atoms. The molecule has 1 amide bonds. The molecule has 0 saturated heterocycles. The summed E-state index contributed by atoms with van der Waals surface area (Å²) in [5, 5.41) is 14.8. The van der Waals surface area contributed by atoms with Gasteiger partial charge in [-0.05, 0) is 47.0 Å². The highest BCUT2D eigenvalue weighted by atomic mass is 32.2. The van der Waals surface area contributed by atoms with Gasteiger partial charge in [0, 0.05) is 11.4 Å². The average molecular weight is 377 g/mol. The number of hydrogen-bond donors (Lipinski definition) is 1. The van der Waals surface area contributed by atoms with E-state index in [2.05, 4.69) is 25.8 Å². The van der Waals surface area contributed by atoms with E-state index in [-0.39, 0.29) is 5.91 Å². The number of tetrazole rings is 1. The number of anilines is 1. The summed E-state index contributed by atoms with van der Waals surface area (Å²) in [6.07, 6.45) is 5.01. The van der Waals surface area contributed by atoms with Crippen LogP contribution in [0.5, 0.6) is 0 Å². The highest BCUT2D eigenvalue weighted by Gasteiger charge is 2.18. The van der Waals surface area contributed by atoms with Crippen LogP contribution in [0.25, 0.3) is 11.4 Å². The number of carbonyl (C=O) groups excluding carboxylic acids is 1. The van der Waals surface area contributed by atoms with Crippen LogP contribution in [0.15, 0.2) is 72.3 Å². The molecule has 0 aliphatic rings. The second-order valence-electron chi connectivity index (χ2n) is 5.56. The molecular formula is C18H15N7OS. The highest BCUT2D eigenvalue weighted by Crippen LogP contribution is 2.23. The van der Waals surface area contributed by atoms with Crippen LogP contribution >= 0.6 is 11.8 Å². The first-order valence-corrected chi connectivity index (χ1v) is 9.30. The Morgan fingerprint density at radius 1 is 1.07 bits per heavy atom. The number of carbonyl (C=O) groups is 1. The first-order chi connectivity index (χ1) is 13.3. The zero-order valence-corrected chi connectivity index (χ0v) is 15.2. The Morgan fingerprint density at radius 3 is 2.63 bits per heavy atom. The number of para-hydroxylation sites is 1. The maximum atomic E-state index is 12.9. The van der Waals surface area contributed by atoms with Crippen molar-refractivity contribution >= 4 is 23.4 Å². The maximum absolute atomic E-state index is 12.9. The van der Waals surface area contributed by atoms with E-state index in [9.17, 15) is 4.79 Å². The van der Waals surface area contributed by atoms with E-state index in [1.165, 1.54) is 22.8 Å². The smallest absolute Gasteiger partial charge is 0.274 e. The van der Waals surface area contributed by atoms with Crippen molar-refractivity contribution in [1.82, 2.24) is 29.8 Å². The van der Waals surface area contributed by atoms with E-state index < -0.39 is 0 Å². The molecule has 4 aromatic rings. The van der Waals surface area contributed by atoms with Crippen molar-refractivity contribution in [2.75, 3.05) is 11.6 Å². The third kappa shape index (κ3) is 3.44. The molecule has 0 bridgehead atoms. The molecule has 0 aliphatic heterocycles. The van der Waals surface area contributed by atoms with Gasteiger partial charge in [0.2, 0.25) is 0 Å². The number of nitrogens with one attached hydrogen (secondary N) is 1. The highest BCUT2D eigenvalue weighted by molar-refractivity contribution is 7.98. The number of benzene rings is 2. The fourth-order valence-corrected chi connectivity index (χ4v) is 3.21. The normalized spacial score (nSPS) is 10.7. The molecule has 2 heterocycles. The number of hydrogen-bond acceptors (Lipinski definition) is 6. The standard InChI is InChI=1S/C18H15N7OS/c1-27-18-19-11-16(25(18)14-7-3-2-4-8-14)17(26)21-13-6-5-9-15(10-13)24-12-20-22-23-24/h2-12H,1H3,(H,21,26). The van der Waals surface area contributed by atoms with Gasteiger partial charge in [0.05, 0.1) is 11.9 Å². The third-order valence-electron chi connectivity index (χ3n) is 3.88. The SMILES string of the molecule is CSc1ncc(C(=O)Nc2cccc(-n3cnnn3)c2)n1-c1ccccc1. The van der Waals surface area contributed by atoms with Crippen LogP contribution in [-0.4, -0.2) is 41.9 Å². The maximum Gasteiger partial charge on any atom is 0.274 e. The van der Waals surface area contributed by atoms with Crippen LogP contribution in [-0.2, 0) is 0 Å². The van der Waals surface area contributed by atoms with Gasteiger partial charge in [0.1, 0.15) is 12.0 Å². The van der Waals surface area contributed by atoms with Gasteiger partial charge in [0.15, 0.2) is 5.16 Å². The fraction of sp³-hybridized carbons (Fsp3) is 0.0556. The Labute approximate surface area is 159 Å². The zero-order chi connectivity index (χ0) is 18.6. The van der Waals surface area contributed by atoms with E-state index in [0.29, 0.717) is 11.4 Å². The quantitative estimate of drug-likeness (QED) is 0.538. The lowest BCUT2D eigenvalue weighted by Crippen LogP contribution is -2.16. The minimum Gasteiger partial charge on any atom is -0.321 e. The van der Waals surface area contributed by atoms with Gasteiger partial charge in [-0.1, -0.05) is 36.0 Å². The number of nitrogens with zero attached hydrogens (tertiary/aromatic N) is 6. The summed E-state index contributed by atoms with van der Waals surface area (Å²) in [4.78, 5) is 17.3. The van der Waals surface area contributed by atoms with Crippen molar-refractivity contribution in [3.05, 3.63) is 72.8 Å². The largest absolute Gasteiger partial charge is 0.321 e. The second-order valence-corrected chi connectivity index (χ2v) is 6.33. The number of imidazole rings is 1. The first kappa shape index (κ1) is 17.0. The van der Waals surface area contributed by atoms with Crippen LogP contribution in [0.4, 0.5) is 5.69 Å². The molecule has 9 heteroatoms. The summed E-state index contributed by atoms with van der Waals surface area (Å²) in [7, 11) is 0.